The van der Waals surface area contributed by atoms with E-state index in [1.807, 2.05) is 0 Å². The van der Waals surface area contributed by atoms with Crippen molar-refractivity contribution in [3.63, 3.8) is 0 Å². The van der Waals surface area contributed by atoms with Crippen LogP contribution in [0, 0.1) is 34.0 Å². The molecule has 6 nitrogen and oxygen atoms in total. The maximum atomic E-state index is 13.1. The van der Waals surface area contributed by atoms with Gasteiger partial charge in [-0.05, 0) is 0 Å². The van der Waals surface area contributed by atoms with Crippen LogP contribution < -0.4 is 0 Å². The minimum absolute atomic E-state index is 0.0863. The monoisotopic (exact) mass is 842 g/mol. The van der Waals surface area contributed by atoms with Gasteiger partial charge in [0.05, 0.1) is 0 Å². The van der Waals surface area contributed by atoms with Gasteiger partial charge in [0.1, 0.15) is 0 Å². The van der Waals surface area contributed by atoms with E-state index in [0.717, 1.165) is 36.5 Å². The molecule has 0 aliphatic carbocycles. The van der Waals surface area contributed by atoms with E-state index in [1.54, 1.807) is 26.8 Å². The van der Waals surface area contributed by atoms with Crippen molar-refractivity contribution in [2.75, 3.05) is 37.1 Å². The van der Waals surface area contributed by atoms with Gasteiger partial charge in [-0.25, -0.2) is 0 Å². The number of carbonyl (C=O) groups excluding carboxylic acids is 3. The molecule has 0 aromatic heterocycles. The van der Waals surface area contributed by atoms with Crippen LogP contribution in [0.15, 0.2) is 0 Å². The second-order valence-corrected chi connectivity index (χ2v) is 51.0. The van der Waals surface area contributed by atoms with Crippen LogP contribution in [0.2, 0.25) is 4.44 Å². The third-order valence-corrected chi connectivity index (χ3v) is 46.4. The summed E-state index contributed by atoms with van der Waals surface area (Å²) in [7, 11) is 5.11. The first-order valence-electron chi connectivity index (χ1n) is 18.5. The average molecular weight is 842 g/mol. The predicted octanol–water partition coefficient (Wildman–Crippen LogP) is 11.3. The standard InChI is InChI=1S/3C10H20O2S.C8H17.Sn/c3*1-8(2)5-10(3,4)7-12-9(11)6-13;1-3-5-7-8-6-4-2;/h3*8,13H,5-7H2,1-4H3;1,3-8H2,2H3;/q;;;;+3/p-3. The van der Waals surface area contributed by atoms with Gasteiger partial charge in [-0.3, -0.25) is 0 Å². The van der Waals surface area contributed by atoms with Crippen LogP contribution in [0.5, 0.6) is 0 Å². The van der Waals surface area contributed by atoms with Crippen LogP contribution in [-0.4, -0.2) is 69.2 Å². The van der Waals surface area contributed by atoms with Gasteiger partial charge in [-0.2, -0.15) is 0 Å². The third kappa shape index (κ3) is 26.1. The van der Waals surface area contributed by atoms with Crippen molar-refractivity contribution in [1.82, 2.24) is 0 Å². The molecule has 284 valence electrons. The zero-order valence-electron chi connectivity index (χ0n) is 33.2. The van der Waals surface area contributed by atoms with E-state index in [4.69, 9.17) is 14.2 Å². The van der Waals surface area contributed by atoms with Crippen LogP contribution >= 0.6 is 26.8 Å². The molecule has 0 atom stereocenters. The van der Waals surface area contributed by atoms with Crippen LogP contribution in [0.1, 0.15) is 148 Å². The van der Waals surface area contributed by atoms with Crippen molar-refractivity contribution >= 4 is 59.0 Å². The van der Waals surface area contributed by atoms with E-state index >= 15 is 0 Å². The molecule has 0 rings (SSSR count). The molecule has 0 aromatic carbocycles. The van der Waals surface area contributed by atoms with Crippen molar-refractivity contribution in [3.05, 3.63) is 0 Å². The first-order valence-corrected chi connectivity index (χ1v) is 34.0. The summed E-state index contributed by atoms with van der Waals surface area (Å²) < 4.78 is 18.4. The molecule has 0 fully saturated rings. The van der Waals surface area contributed by atoms with E-state index in [9.17, 15) is 14.4 Å². The van der Waals surface area contributed by atoms with Crippen molar-refractivity contribution in [3.8, 4) is 0 Å². The number of rotatable bonds is 28. The second-order valence-electron chi connectivity index (χ2n) is 17.3. The zero-order valence-corrected chi connectivity index (χ0v) is 38.5. The van der Waals surface area contributed by atoms with E-state index < -0.39 is 14.2 Å². The van der Waals surface area contributed by atoms with Crippen molar-refractivity contribution in [1.29, 1.82) is 0 Å². The van der Waals surface area contributed by atoms with Crippen molar-refractivity contribution in [2.45, 2.75) is 152 Å². The van der Waals surface area contributed by atoms with Gasteiger partial charge in [-0.1, -0.05) is 0 Å². The zero-order chi connectivity index (χ0) is 37.0. The van der Waals surface area contributed by atoms with Gasteiger partial charge >= 0.3 is 311 Å². The first-order chi connectivity index (χ1) is 22.1. The van der Waals surface area contributed by atoms with E-state index in [0.29, 0.717) is 37.6 Å². The maximum absolute atomic E-state index is 13.1. The molecule has 0 heterocycles. The molecule has 0 aromatic rings. The Labute approximate surface area is 308 Å². The Morgan fingerprint density at radius 1 is 0.521 bits per heavy atom. The summed E-state index contributed by atoms with van der Waals surface area (Å²) in [5, 5.41) is 0. The number of unbranched alkanes of at least 4 members (excludes halogenated alkanes) is 5. The Kier molecular flexibility index (Phi) is 24.6. The Morgan fingerprint density at radius 2 is 0.812 bits per heavy atom. The molecular weight excluding hydrogens is 767 g/mol. The Hall–Kier alpha value is 0.259. The van der Waals surface area contributed by atoms with Crippen LogP contribution in [0.3, 0.4) is 0 Å². The fourth-order valence-corrected chi connectivity index (χ4v) is 39.9. The molecular formula is C38H74O6S3Sn. The molecule has 0 aliphatic heterocycles. The van der Waals surface area contributed by atoms with E-state index in [-0.39, 0.29) is 51.4 Å². The Balaban J connectivity index is 5.86. The fourth-order valence-electron chi connectivity index (χ4n) is 6.41. The summed E-state index contributed by atoms with van der Waals surface area (Å²) in [6.07, 6.45) is 9.94. The predicted molar refractivity (Wildman–Crippen MR) is 214 cm³/mol. The fraction of sp³-hybridized carbons (Fsp3) is 0.921. The Morgan fingerprint density at radius 3 is 1.10 bits per heavy atom. The van der Waals surface area contributed by atoms with Gasteiger partial charge in [-0.15, -0.1) is 0 Å². The van der Waals surface area contributed by atoms with Gasteiger partial charge in [0, 0.05) is 0 Å². The van der Waals surface area contributed by atoms with Crippen molar-refractivity contribution in [2.24, 2.45) is 34.0 Å². The van der Waals surface area contributed by atoms with Gasteiger partial charge < -0.3 is 0 Å². The molecule has 0 unspecified atom stereocenters. The molecule has 0 saturated heterocycles. The molecule has 0 spiro atoms. The van der Waals surface area contributed by atoms with Gasteiger partial charge in [0.15, 0.2) is 0 Å². The number of ether oxygens (including phenoxy) is 3. The molecule has 0 amide bonds. The summed E-state index contributed by atoms with van der Waals surface area (Å²) >= 11 is -3.48. The molecule has 48 heavy (non-hydrogen) atoms. The van der Waals surface area contributed by atoms with E-state index in [2.05, 4.69) is 90.0 Å². The van der Waals surface area contributed by atoms with E-state index in [1.165, 1.54) is 25.7 Å². The third-order valence-electron chi connectivity index (χ3n) is 7.82. The van der Waals surface area contributed by atoms with Gasteiger partial charge in [0.2, 0.25) is 0 Å². The number of esters is 3. The summed E-state index contributed by atoms with van der Waals surface area (Å²) in [5.41, 5.74) is -0.259. The summed E-state index contributed by atoms with van der Waals surface area (Å²) in [5.74, 6) is 1.67. The molecule has 0 bridgehead atoms. The molecule has 0 aliphatic rings. The van der Waals surface area contributed by atoms with Gasteiger partial charge in [0.25, 0.3) is 0 Å². The number of hydrogen-bond donors (Lipinski definition) is 0. The van der Waals surface area contributed by atoms with Crippen LogP contribution in [0.4, 0.5) is 0 Å². The topological polar surface area (TPSA) is 78.9 Å². The first kappa shape index (κ1) is 48.3. The Bertz CT molecular complexity index is 817. The molecule has 10 heteroatoms. The summed E-state index contributed by atoms with van der Waals surface area (Å²) in [6.45, 7) is 29.4. The number of carbonyl (C=O) groups is 3. The molecule has 0 radical (unpaired) electrons. The average Bonchev–Trinajstić information content (AvgIpc) is 2.94. The molecule has 0 N–H and O–H groups in total. The summed E-state index contributed by atoms with van der Waals surface area (Å²) in [4.78, 5) is 39.4. The number of hydrogen-bond acceptors (Lipinski definition) is 9. The van der Waals surface area contributed by atoms with Crippen molar-refractivity contribution < 1.29 is 28.6 Å². The van der Waals surface area contributed by atoms with Crippen LogP contribution in [0.25, 0.3) is 0 Å². The van der Waals surface area contributed by atoms with Crippen LogP contribution in [-0.2, 0) is 28.6 Å². The normalized spacial score (nSPS) is 13.0. The molecule has 0 saturated carbocycles. The quantitative estimate of drug-likeness (QED) is 0.0331. The summed E-state index contributed by atoms with van der Waals surface area (Å²) in [6, 6.07) is 0. The second kappa shape index (κ2) is 24.5. The minimum atomic E-state index is -3.48. The SMILES string of the molecule is CCCCCCC[CH2][Sn]([S]CC(=O)OCC(C)(C)CC(C)C)([S]CC(=O)OCC(C)(C)CC(C)C)[S]CC(=O)OCC(C)(C)CC(C)C.